The number of benzene rings is 3. The highest BCUT2D eigenvalue weighted by Crippen LogP contribution is 2.28. The molecule has 33 heavy (non-hydrogen) atoms. The first-order chi connectivity index (χ1) is 16.2. The number of aromatic nitrogens is 2. The highest BCUT2D eigenvalue weighted by atomic mass is 32.2. The monoisotopic (exact) mass is 474 g/mol. The lowest BCUT2D eigenvalue weighted by Gasteiger charge is -2.09. The first-order valence-electron chi connectivity index (χ1n) is 10.3. The van der Waals surface area contributed by atoms with E-state index in [-0.39, 0.29) is 11.7 Å². The maximum Gasteiger partial charge on any atom is 0.250 e. The summed E-state index contributed by atoms with van der Waals surface area (Å²) < 4.78 is 6.64. The van der Waals surface area contributed by atoms with Gasteiger partial charge in [-0.05, 0) is 35.7 Å². The number of nitrogens with one attached hydrogen (secondary N) is 1. The van der Waals surface area contributed by atoms with Gasteiger partial charge < -0.3 is 4.74 Å². The molecule has 1 amide bonds. The molecule has 0 atom stereocenters. The van der Waals surface area contributed by atoms with Gasteiger partial charge in [-0.15, -0.1) is 10.2 Å². The molecule has 0 unspecified atom stereocenters. The Morgan fingerprint density at radius 1 is 1.06 bits per heavy atom. The summed E-state index contributed by atoms with van der Waals surface area (Å²) in [6.07, 6.45) is 1.60. The zero-order chi connectivity index (χ0) is 22.9. The summed E-state index contributed by atoms with van der Waals surface area (Å²) >= 11 is 2.80. The minimum Gasteiger partial charge on any atom is -0.489 e. The normalized spacial score (nSPS) is 10.9. The van der Waals surface area contributed by atoms with Crippen LogP contribution in [-0.4, -0.2) is 28.1 Å². The molecule has 0 aliphatic rings. The number of thioether (sulfide) groups is 1. The van der Waals surface area contributed by atoms with Gasteiger partial charge in [0, 0.05) is 5.56 Å². The summed E-state index contributed by atoms with van der Waals surface area (Å²) in [7, 11) is 0. The Hall–Kier alpha value is -3.49. The molecule has 0 radical (unpaired) electrons. The van der Waals surface area contributed by atoms with Crippen molar-refractivity contribution in [2.75, 3.05) is 5.75 Å². The van der Waals surface area contributed by atoms with Crippen molar-refractivity contribution >= 4 is 35.2 Å². The number of amides is 1. The van der Waals surface area contributed by atoms with E-state index in [4.69, 9.17) is 4.74 Å². The van der Waals surface area contributed by atoms with Crippen LogP contribution in [0, 0.1) is 6.92 Å². The molecular weight excluding hydrogens is 452 g/mol. The molecule has 3 aromatic carbocycles. The predicted molar refractivity (Wildman–Crippen MR) is 134 cm³/mol. The molecule has 6 nitrogen and oxygen atoms in total. The number of carbonyl (C=O) groups is 1. The van der Waals surface area contributed by atoms with E-state index in [1.807, 2.05) is 66.7 Å². The second-order valence-corrected chi connectivity index (χ2v) is 9.31. The summed E-state index contributed by atoms with van der Waals surface area (Å²) in [5.41, 5.74) is 6.74. The Balaban J connectivity index is 1.24. The quantitative estimate of drug-likeness (QED) is 0.201. The topological polar surface area (TPSA) is 76.5 Å². The third-order valence-corrected chi connectivity index (χ3v) is 6.78. The smallest absolute Gasteiger partial charge is 0.250 e. The van der Waals surface area contributed by atoms with E-state index in [1.165, 1.54) is 28.7 Å². The van der Waals surface area contributed by atoms with Crippen molar-refractivity contribution in [3.05, 3.63) is 95.6 Å². The average molecular weight is 475 g/mol. The minimum absolute atomic E-state index is 0.209. The molecule has 166 valence electrons. The van der Waals surface area contributed by atoms with Crippen molar-refractivity contribution in [3.63, 3.8) is 0 Å². The summed E-state index contributed by atoms with van der Waals surface area (Å²) in [4.78, 5) is 12.1. The fourth-order valence-electron chi connectivity index (χ4n) is 2.92. The molecule has 1 N–H and O–H groups in total. The van der Waals surface area contributed by atoms with E-state index in [0.717, 1.165) is 31.8 Å². The molecule has 4 rings (SSSR count). The van der Waals surface area contributed by atoms with Gasteiger partial charge in [0.2, 0.25) is 0 Å². The zero-order valence-corrected chi connectivity index (χ0v) is 19.6. The Labute approximate surface area is 200 Å². The van der Waals surface area contributed by atoms with Gasteiger partial charge in [-0.1, -0.05) is 89.8 Å². The van der Waals surface area contributed by atoms with Crippen LogP contribution in [0.5, 0.6) is 5.75 Å². The number of carbonyl (C=O) groups excluding carboxylic acids is 1. The second-order valence-electron chi connectivity index (χ2n) is 7.11. The van der Waals surface area contributed by atoms with Gasteiger partial charge in [-0.3, -0.25) is 4.79 Å². The molecule has 0 aliphatic heterocycles. The van der Waals surface area contributed by atoms with Crippen molar-refractivity contribution in [2.45, 2.75) is 17.9 Å². The summed E-state index contributed by atoms with van der Waals surface area (Å²) in [6.45, 7) is 2.56. The average Bonchev–Trinajstić information content (AvgIpc) is 3.32. The minimum atomic E-state index is -0.209. The van der Waals surface area contributed by atoms with Crippen LogP contribution in [0.1, 0.15) is 16.7 Å². The molecule has 0 aliphatic carbocycles. The fourth-order valence-corrected chi connectivity index (χ4v) is 4.57. The molecule has 0 fully saturated rings. The Morgan fingerprint density at radius 3 is 2.73 bits per heavy atom. The van der Waals surface area contributed by atoms with E-state index in [9.17, 15) is 4.79 Å². The molecule has 0 bridgehead atoms. The van der Waals surface area contributed by atoms with Crippen LogP contribution in [0.25, 0.3) is 10.6 Å². The van der Waals surface area contributed by atoms with E-state index >= 15 is 0 Å². The highest BCUT2D eigenvalue weighted by molar-refractivity contribution is 8.01. The lowest BCUT2D eigenvalue weighted by Crippen LogP contribution is -2.19. The zero-order valence-electron chi connectivity index (χ0n) is 18.0. The molecule has 8 heteroatoms. The summed E-state index contributed by atoms with van der Waals surface area (Å²) in [6, 6.07) is 25.6. The van der Waals surface area contributed by atoms with Gasteiger partial charge >= 0.3 is 0 Å². The first kappa shape index (κ1) is 22.7. The molecule has 4 aromatic rings. The van der Waals surface area contributed by atoms with Gasteiger partial charge in [0.25, 0.3) is 5.91 Å². The Bertz CT molecular complexity index is 1240. The van der Waals surface area contributed by atoms with Gasteiger partial charge in [0.15, 0.2) is 4.34 Å². The van der Waals surface area contributed by atoms with Gasteiger partial charge in [0.05, 0.1) is 12.0 Å². The maximum absolute atomic E-state index is 12.1. The lowest BCUT2D eigenvalue weighted by atomic mass is 10.1. The van der Waals surface area contributed by atoms with E-state index in [1.54, 1.807) is 6.21 Å². The standard InChI is InChI=1S/C25H22N4O2S2/c1-18-8-5-6-12-21(18)16-31-22-13-7-9-19(14-22)15-26-27-23(30)17-32-25-29-28-24(33-25)20-10-3-2-4-11-20/h2-15H,16-17H2,1H3,(H,27,30). The fraction of sp³-hybridized carbons (Fsp3) is 0.120. The molecule has 0 spiro atoms. The van der Waals surface area contributed by atoms with Crippen molar-refractivity contribution < 1.29 is 9.53 Å². The van der Waals surface area contributed by atoms with Crippen LogP contribution in [0.2, 0.25) is 0 Å². The highest BCUT2D eigenvalue weighted by Gasteiger charge is 2.09. The van der Waals surface area contributed by atoms with Crippen LogP contribution in [0.4, 0.5) is 0 Å². The number of aryl methyl sites for hydroxylation is 1. The van der Waals surface area contributed by atoms with Crippen molar-refractivity contribution in [2.24, 2.45) is 5.10 Å². The SMILES string of the molecule is Cc1ccccc1COc1cccc(C=NNC(=O)CSc2nnc(-c3ccccc3)s2)c1. The van der Waals surface area contributed by atoms with Gasteiger partial charge in [0.1, 0.15) is 17.4 Å². The maximum atomic E-state index is 12.1. The number of ether oxygens (including phenoxy) is 1. The number of hydrogen-bond acceptors (Lipinski definition) is 7. The third-order valence-electron chi connectivity index (χ3n) is 4.67. The molecule has 0 saturated carbocycles. The van der Waals surface area contributed by atoms with Crippen molar-refractivity contribution in [1.29, 1.82) is 0 Å². The Kier molecular flexibility index (Phi) is 7.84. The number of rotatable bonds is 9. The van der Waals surface area contributed by atoms with Crippen LogP contribution < -0.4 is 10.2 Å². The third kappa shape index (κ3) is 6.74. The van der Waals surface area contributed by atoms with Gasteiger partial charge in [-0.25, -0.2) is 5.43 Å². The Morgan fingerprint density at radius 2 is 1.88 bits per heavy atom. The first-order valence-corrected chi connectivity index (χ1v) is 12.1. The van der Waals surface area contributed by atoms with Gasteiger partial charge in [-0.2, -0.15) is 5.10 Å². The summed E-state index contributed by atoms with van der Waals surface area (Å²) in [5, 5.41) is 13.2. The number of hydrazone groups is 1. The van der Waals surface area contributed by atoms with Crippen molar-refractivity contribution in [3.8, 4) is 16.3 Å². The lowest BCUT2D eigenvalue weighted by molar-refractivity contribution is -0.118. The number of hydrogen-bond donors (Lipinski definition) is 1. The van der Waals surface area contributed by atoms with Crippen LogP contribution in [-0.2, 0) is 11.4 Å². The molecular formula is C25H22N4O2S2. The molecule has 1 heterocycles. The van der Waals surface area contributed by atoms with E-state index in [0.29, 0.717) is 6.61 Å². The van der Waals surface area contributed by atoms with Crippen molar-refractivity contribution in [1.82, 2.24) is 15.6 Å². The second kappa shape index (κ2) is 11.4. The summed E-state index contributed by atoms with van der Waals surface area (Å²) in [5.74, 6) is 0.745. The predicted octanol–water partition coefficient (Wildman–Crippen LogP) is 5.33. The largest absolute Gasteiger partial charge is 0.489 e. The van der Waals surface area contributed by atoms with E-state index in [2.05, 4.69) is 39.8 Å². The van der Waals surface area contributed by atoms with Crippen LogP contribution >= 0.6 is 23.1 Å². The van der Waals surface area contributed by atoms with Crippen LogP contribution in [0.15, 0.2) is 88.3 Å². The van der Waals surface area contributed by atoms with E-state index < -0.39 is 0 Å². The van der Waals surface area contributed by atoms with Crippen LogP contribution in [0.3, 0.4) is 0 Å². The molecule has 1 aromatic heterocycles. The molecule has 0 saturated heterocycles. The number of nitrogens with zero attached hydrogens (tertiary/aromatic N) is 3.